The Hall–Kier alpha value is -1.36. The average molecular weight is 264 g/mol. The highest BCUT2D eigenvalue weighted by atomic mass is 16.5. The zero-order chi connectivity index (χ0) is 13.7. The zero-order valence-electron chi connectivity index (χ0n) is 12.1. The quantitative estimate of drug-likeness (QED) is 0.877. The molecule has 0 bridgehead atoms. The highest BCUT2D eigenvalue weighted by Crippen LogP contribution is 2.19. The number of rotatable bonds is 5. The van der Waals surface area contributed by atoms with Gasteiger partial charge < -0.3 is 15.0 Å². The fourth-order valence-electron chi connectivity index (χ4n) is 2.44. The number of anilines is 1. The average Bonchev–Trinajstić information content (AvgIpc) is 2.46. The molecule has 2 rings (SSSR count). The molecule has 1 aromatic heterocycles. The minimum atomic E-state index is 0.398. The van der Waals surface area contributed by atoms with E-state index in [1.54, 1.807) is 19.5 Å². The number of nitrogens with one attached hydrogen (secondary N) is 1. The van der Waals surface area contributed by atoms with Crippen molar-refractivity contribution in [2.24, 2.45) is 5.92 Å². The maximum Gasteiger partial charge on any atom is 0.225 e. The summed E-state index contributed by atoms with van der Waals surface area (Å²) in [7, 11) is 1.63. The van der Waals surface area contributed by atoms with Crippen LogP contribution >= 0.6 is 0 Å². The van der Waals surface area contributed by atoms with Crippen molar-refractivity contribution in [1.29, 1.82) is 0 Å². The molecule has 1 aliphatic rings. The lowest BCUT2D eigenvalue weighted by Crippen LogP contribution is -2.42. The molecule has 1 saturated heterocycles. The van der Waals surface area contributed by atoms with Crippen molar-refractivity contribution in [2.45, 2.75) is 32.7 Å². The fraction of sp³-hybridized carbons (Fsp3) is 0.714. The van der Waals surface area contributed by atoms with Crippen molar-refractivity contribution >= 4 is 5.95 Å². The zero-order valence-corrected chi connectivity index (χ0v) is 12.1. The van der Waals surface area contributed by atoms with Gasteiger partial charge in [0.2, 0.25) is 5.95 Å². The topological polar surface area (TPSA) is 50.3 Å². The monoisotopic (exact) mass is 264 g/mol. The number of piperidine rings is 1. The van der Waals surface area contributed by atoms with E-state index in [1.165, 1.54) is 12.8 Å². The van der Waals surface area contributed by atoms with Crippen molar-refractivity contribution < 1.29 is 4.74 Å². The van der Waals surface area contributed by atoms with E-state index < -0.39 is 0 Å². The first-order chi connectivity index (χ1) is 9.20. The molecule has 1 N–H and O–H groups in total. The van der Waals surface area contributed by atoms with Crippen LogP contribution < -0.4 is 15.0 Å². The summed E-state index contributed by atoms with van der Waals surface area (Å²) < 4.78 is 5.11. The van der Waals surface area contributed by atoms with Crippen molar-refractivity contribution in [1.82, 2.24) is 15.3 Å². The highest BCUT2D eigenvalue weighted by molar-refractivity contribution is 5.32. The van der Waals surface area contributed by atoms with Gasteiger partial charge in [-0.2, -0.15) is 0 Å². The maximum atomic E-state index is 5.11. The van der Waals surface area contributed by atoms with Crippen molar-refractivity contribution in [2.75, 3.05) is 31.6 Å². The number of hydrogen-bond acceptors (Lipinski definition) is 5. The maximum absolute atomic E-state index is 5.11. The van der Waals surface area contributed by atoms with Crippen LogP contribution in [0.3, 0.4) is 0 Å². The predicted octanol–water partition coefficient (Wildman–Crippen LogP) is 1.70. The molecule has 0 aliphatic carbocycles. The van der Waals surface area contributed by atoms with Crippen LogP contribution in [0.2, 0.25) is 0 Å². The number of aromatic nitrogens is 2. The Morgan fingerprint density at radius 1 is 1.42 bits per heavy atom. The first kappa shape index (κ1) is 14.1. The van der Waals surface area contributed by atoms with Crippen LogP contribution in [0, 0.1) is 5.92 Å². The number of ether oxygens (including phenoxy) is 1. The smallest absolute Gasteiger partial charge is 0.225 e. The van der Waals surface area contributed by atoms with Gasteiger partial charge in [0.15, 0.2) is 5.75 Å². The molecule has 1 unspecified atom stereocenters. The van der Waals surface area contributed by atoms with Gasteiger partial charge in [-0.05, 0) is 45.7 Å². The van der Waals surface area contributed by atoms with E-state index in [0.717, 1.165) is 25.6 Å². The largest absolute Gasteiger partial charge is 0.494 e. The highest BCUT2D eigenvalue weighted by Gasteiger charge is 2.20. The lowest BCUT2D eigenvalue weighted by Gasteiger charge is -2.32. The van der Waals surface area contributed by atoms with E-state index >= 15 is 0 Å². The Bertz CT molecular complexity index is 374. The second kappa shape index (κ2) is 6.70. The van der Waals surface area contributed by atoms with Gasteiger partial charge in [0, 0.05) is 12.6 Å². The van der Waals surface area contributed by atoms with Gasteiger partial charge in [0.1, 0.15) is 0 Å². The van der Waals surface area contributed by atoms with Gasteiger partial charge >= 0.3 is 0 Å². The third-order valence-electron chi connectivity index (χ3n) is 3.58. The van der Waals surface area contributed by atoms with Gasteiger partial charge in [0.25, 0.3) is 0 Å². The van der Waals surface area contributed by atoms with Crippen LogP contribution in [0.1, 0.15) is 26.7 Å². The van der Waals surface area contributed by atoms with E-state index in [2.05, 4.69) is 34.0 Å². The summed E-state index contributed by atoms with van der Waals surface area (Å²) >= 11 is 0. The predicted molar refractivity (Wildman–Crippen MR) is 76.7 cm³/mol. The molecular weight excluding hydrogens is 240 g/mol. The van der Waals surface area contributed by atoms with E-state index in [0.29, 0.717) is 17.7 Å². The van der Waals surface area contributed by atoms with Crippen molar-refractivity contribution in [3.8, 4) is 5.75 Å². The van der Waals surface area contributed by atoms with E-state index in [-0.39, 0.29) is 0 Å². The van der Waals surface area contributed by atoms with Gasteiger partial charge in [-0.3, -0.25) is 0 Å². The molecule has 106 valence electrons. The first-order valence-electron chi connectivity index (χ1n) is 7.04. The first-order valence-corrected chi connectivity index (χ1v) is 7.04. The van der Waals surface area contributed by atoms with E-state index in [1.807, 2.05) is 0 Å². The molecule has 1 atom stereocenters. The second-order valence-corrected chi connectivity index (χ2v) is 5.38. The Labute approximate surface area is 115 Å². The minimum Gasteiger partial charge on any atom is -0.494 e. The Morgan fingerprint density at radius 2 is 2.16 bits per heavy atom. The molecular formula is C14H24N4O. The molecule has 19 heavy (non-hydrogen) atoms. The summed E-state index contributed by atoms with van der Waals surface area (Å²) in [5.74, 6) is 2.18. The number of nitrogens with zero attached hydrogens (tertiary/aromatic N) is 3. The van der Waals surface area contributed by atoms with Crippen LogP contribution in [0.25, 0.3) is 0 Å². The molecule has 5 nitrogen and oxygen atoms in total. The molecule has 0 radical (unpaired) electrons. The summed E-state index contributed by atoms with van der Waals surface area (Å²) in [6, 6.07) is 0.398. The number of methoxy groups -OCH3 is 1. The van der Waals surface area contributed by atoms with Gasteiger partial charge in [-0.15, -0.1) is 0 Å². The Morgan fingerprint density at radius 3 is 2.68 bits per heavy atom. The molecule has 2 heterocycles. The third-order valence-corrected chi connectivity index (χ3v) is 3.58. The summed E-state index contributed by atoms with van der Waals surface area (Å²) in [5.41, 5.74) is 0. The summed E-state index contributed by atoms with van der Waals surface area (Å²) in [4.78, 5) is 11.1. The minimum absolute atomic E-state index is 0.398. The third kappa shape index (κ3) is 3.80. The molecule has 0 spiro atoms. The Balaban J connectivity index is 2.05. The fourth-order valence-corrected chi connectivity index (χ4v) is 2.44. The standard InChI is InChI=1S/C14H24N4O/c1-11(2)18(10-12-5-4-6-15-7-12)14-16-8-13(19-3)9-17-14/h8-9,11-12,15H,4-7,10H2,1-3H3. The molecule has 1 aliphatic heterocycles. The van der Waals surface area contributed by atoms with Gasteiger partial charge in [-0.1, -0.05) is 0 Å². The second-order valence-electron chi connectivity index (χ2n) is 5.38. The molecule has 0 saturated carbocycles. The molecule has 0 amide bonds. The van der Waals surface area contributed by atoms with Gasteiger partial charge in [-0.25, -0.2) is 9.97 Å². The summed E-state index contributed by atoms with van der Waals surface area (Å²) in [6.45, 7) is 7.63. The molecule has 0 aromatic carbocycles. The van der Waals surface area contributed by atoms with Crippen LogP contribution in [-0.4, -0.2) is 42.8 Å². The van der Waals surface area contributed by atoms with E-state index in [9.17, 15) is 0 Å². The lowest BCUT2D eigenvalue weighted by molar-refractivity contribution is 0.369. The SMILES string of the molecule is COc1cnc(N(CC2CCCNC2)C(C)C)nc1. The van der Waals surface area contributed by atoms with E-state index in [4.69, 9.17) is 4.74 Å². The number of hydrogen-bond donors (Lipinski definition) is 1. The van der Waals surface area contributed by atoms with Crippen molar-refractivity contribution in [3.63, 3.8) is 0 Å². The Kier molecular flexibility index (Phi) is 4.96. The van der Waals surface area contributed by atoms with Crippen LogP contribution in [0.4, 0.5) is 5.95 Å². The normalized spacial score (nSPS) is 19.5. The molecule has 1 aromatic rings. The van der Waals surface area contributed by atoms with Crippen LogP contribution in [0.5, 0.6) is 5.75 Å². The molecule has 5 heteroatoms. The van der Waals surface area contributed by atoms with Crippen LogP contribution in [-0.2, 0) is 0 Å². The lowest BCUT2D eigenvalue weighted by atomic mass is 9.99. The summed E-state index contributed by atoms with van der Waals surface area (Å²) in [6.07, 6.45) is 6.01. The summed E-state index contributed by atoms with van der Waals surface area (Å²) in [5, 5.41) is 3.46. The molecule has 1 fully saturated rings. The van der Waals surface area contributed by atoms with Crippen molar-refractivity contribution in [3.05, 3.63) is 12.4 Å². The van der Waals surface area contributed by atoms with Crippen LogP contribution in [0.15, 0.2) is 12.4 Å². The van der Waals surface area contributed by atoms with Gasteiger partial charge in [0.05, 0.1) is 19.5 Å².